The normalized spacial score (nSPS) is 12.8. The van der Waals surface area contributed by atoms with Crippen molar-refractivity contribution in [2.24, 2.45) is 5.92 Å². The zero-order valence-electron chi connectivity index (χ0n) is 20.2. The first-order valence-electron chi connectivity index (χ1n) is 11.0. The van der Waals surface area contributed by atoms with Crippen LogP contribution in [-0.4, -0.2) is 30.4 Å². The summed E-state index contributed by atoms with van der Waals surface area (Å²) in [5, 5.41) is 17.4. The number of aliphatic carboxylic acids is 1. The maximum absolute atomic E-state index is 12.6. The lowest BCUT2D eigenvalue weighted by atomic mass is 9.86. The summed E-state index contributed by atoms with van der Waals surface area (Å²) in [4.78, 5) is 48.2. The molecule has 1 aromatic carbocycles. The highest BCUT2D eigenvalue weighted by molar-refractivity contribution is 5.97. The van der Waals surface area contributed by atoms with Gasteiger partial charge in [-0.3, -0.25) is 9.59 Å². The summed E-state index contributed by atoms with van der Waals surface area (Å²) in [7, 11) is 0. The Morgan fingerprint density at radius 1 is 1.06 bits per heavy atom. The fraction of sp³-hybridized carbons (Fsp3) is 0.440. The Bertz CT molecular complexity index is 1330. The van der Waals surface area contributed by atoms with E-state index in [0.29, 0.717) is 22.1 Å². The third kappa shape index (κ3) is 5.13. The number of carboxylic acid groups (broad SMARTS) is 1. The number of carboxylic acids is 1. The van der Waals surface area contributed by atoms with Crippen LogP contribution in [0, 0.1) is 12.8 Å². The molecule has 34 heavy (non-hydrogen) atoms. The van der Waals surface area contributed by atoms with Crippen LogP contribution in [0.15, 0.2) is 32.0 Å². The molecule has 0 radical (unpaired) electrons. The lowest BCUT2D eigenvalue weighted by Crippen LogP contribution is -2.53. The summed E-state index contributed by atoms with van der Waals surface area (Å²) in [5.74, 6) is -3.02. The third-order valence-electron chi connectivity index (χ3n) is 5.81. The number of benzene rings is 1. The summed E-state index contributed by atoms with van der Waals surface area (Å²) in [6.07, 6.45) is 1.40. The highest BCUT2D eigenvalue weighted by Gasteiger charge is 2.23. The molecule has 0 spiro atoms. The standard InChI is InChI=1S/C25H30N2O7/c1-12(2)22(23(30)31)27-21(29)10-26-20(28)8-15-13(3)14-7-16-17(25(4,5)6)11-33-18(16)9-19(14)34-24(15)32/h7,9,11-12,22H,8,10H2,1-6H3,(H,26,28)(H,27,29)(H,30,31)/p-1/t22-/m0/s1. The molecule has 2 amide bonds. The lowest BCUT2D eigenvalue weighted by Gasteiger charge is -2.23. The van der Waals surface area contributed by atoms with Gasteiger partial charge in [-0.05, 0) is 29.9 Å². The van der Waals surface area contributed by atoms with Gasteiger partial charge in [0, 0.05) is 22.4 Å². The van der Waals surface area contributed by atoms with E-state index < -0.39 is 36.0 Å². The number of nitrogens with one attached hydrogen (secondary N) is 2. The average Bonchev–Trinajstić information content (AvgIpc) is 3.15. The molecule has 2 heterocycles. The van der Waals surface area contributed by atoms with Gasteiger partial charge in [-0.1, -0.05) is 34.6 Å². The molecule has 0 aliphatic carbocycles. The molecule has 0 bridgehead atoms. The number of aryl methyl sites for hydroxylation is 1. The van der Waals surface area contributed by atoms with Crippen LogP contribution in [0.3, 0.4) is 0 Å². The predicted molar refractivity (Wildman–Crippen MR) is 124 cm³/mol. The number of hydrogen-bond donors (Lipinski definition) is 2. The first-order valence-corrected chi connectivity index (χ1v) is 11.0. The van der Waals surface area contributed by atoms with E-state index >= 15 is 0 Å². The molecule has 9 heteroatoms. The summed E-state index contributed by atoms with van der Waals surface area (Å²) < 4.78 is 11.1. The van der Waals surface area contributed by atoms with Crippen LogP contribution in [0.25, 0.3) is 21.9 Å². The summed E-state index contributed by atoms with van der Waals surface area (Å²) in [5.41, 5.74) is 1.95. The van der Waals surface area contributed by atoms with Gasteiger partial charge in [0.1, 0.15) is 11.2 Å². The van der Waals surface area contributed by atoms with Crippen molar-refractivity contribution in [3.63, 3.8) is 0 Å². The topological polar surface area (TPSA) is 142 Å². The molecule has 182 valence electrons. The average molecular weight is 470 g/mol. The van der Waals surface area contributed by atoms with Crippen molar-refractivity contribution in [2.45, 2.75) is 59.4 Å². The minimum atomic E-state index is -1.40. The van der Waals surface area contributed by atoms with Crippen molar-refractivity contribution in [2.75, 3.05) is 6.54 Å². The Labute approximate surface area is 196 Å². The maximum Gasteiger partial charge on any atom is 0.340 e. The van der Waals surface area contributed by atoms with Crippen molar-refractivity contribution in [1.82, 2.24) is 10.6 Å². The largest absolute Gasteiger partial charge is 0.548 e. The zero-order chi connectivity index (χ0) is 25.4. The van der Waals surface area contributed by atoms with Crippen molar-refractivity contribution in [1.29, 1.82) is 0 Å². The Morgan fingerprint density at radius 2 is 1.74 bits per heavy atom. The van der Waals surface area contributed by atoms with Gasteiger partial charge >= 0.3 is 5.63 Å². The first kappa shape index (κ1) is 25.0. The lowest BCUT2D eigenvalue weighted by molar-refractivity contribution is -0.309. The van der Waals surface area contributed by atoms with E-state index in [-0.39, 0.29) is 23.3 Å². The second-order valence-corrected chi connectivity index (χ2v) is 9.80. The van der Waals surface area contributed by atoms with Gasteiger partial charge in [-0.25, -0.2) is 4.79 Å². The van der Waals surface area contributed by atoms with Crippen LogP contribution in [0.5, 0.6) is 0 Å². The first-order chi connectivity index (χ1) is 15.8. The van der Waals surface area contributed by atoms with Gasteiger partial charge < -0.3 is 29.4 Å². The molecule has 0 aliphatic rings. The van der Waals surface area contributed by atoms with E-state index in [1.54, 1.807) is 33.1 Å². The summed E-state index contributed by atoms with van der Waals surface area (Å²) in [6, 6.07) is 2.40. The Kier molecular flexibility index (Phi) is 6.86. The quantitative estimate of drug-likeness (QED) is 0.502. The molecule has 9 nitrogen and oxygen atoms in total. The van der Waals surface area contributed by atoms with Crippen LogP contribution in [-0.2, 0) is 26.2 Å². The molecule has 0 aliphatic heterocycles. The van der Waals surface area contributed by atoms with E-state index in [1.807, 2.05) is 6.07 Å². The SMILES string of the molecule is Cc1c(CC(=O)NCC(=O)N[C@H](C(=O)[O-])C(C)C)c(=O)oc2cc3occ(C(C)(C)C)c3cc12. The fourth-order valence-corrected chi connectivity index (χ4v) is 3.82. The van der Waals surface area contributed by atoms with E-state index in [9.17, 15) is 24.3 Å². The number of hydrogen-bond acceptors (Lipinski definition) is 7. The monoisotopic (exact) mass is 469 g/mol. The van der Waals surface area contributed by atoms with Crippen LogP contribution in [0.4, 0.5) is 0 Å². The number of furan rings is 1. The summed E-state index contributed by atoms with van der Waals surface area (Å²) in [6.45, 7) is 10.8. The van der Waals surface area contributed by atoms with Gasteiger partial charge in [-0.15, -0.1) is 0 Å². The highest BCUT2D eigenvalue weighted by atomic mass is 16.4. The second kappa shape index (κ2) is 9.32. The van der Waals surface area contributed by atoms with E-state index in [0.717, 1.165) is 10.9 Å². The van der Waals surface area contributed by atoms with Gasteiger partial charge in [-0.2, -0.15) is 0 Å². The molecule has 0 saturated carbocycles. The van der Waals surface area contributed by atoms with Crippen LogP contribution in [0.2, 0.25) is 0 Å². The van der Waals surface area contributed by atoms with Crippen LogP contribution >= 0.6 is 0 Å². The van der Waals surface area contributed by atoms with E-state index in [2.05, 4.69) is 31.4 Å². The highest BCUT2D eigenvalue weighted by Crippen LogP contribution is 2.35. The van der Waals surface area contributed by atoms with Gasteiger partial charge in [0.2, 0.25) is 11.8 Å². The van der Waals surface area contributed by atoms with E-state index in [1.165, 1.54) is 0 Å². The molecule has 3 rings (SSSR count). The molecule has 2 N–H and O–H groups in total. The van der Waals surface area contributed by atoms with E-state index in [4.69, 9.17) is 8.83 Å². The maximum atomic E-state index is 12.6. The smallest absolute Gasteiger partial charge is 0.340 e. The Hall–Kier alpha value is -3.62. The molecule has 1 atom stereocenters. The molecule has 0 saturated heterocycles. The second-order valence-electron chi connectivity index (χ2n) is 9.80. The van der Waals surface area contributed by atoms with Crippen molar-refractivity contribution < 1.29 is 28.3 Å². The molecular formula is C25H29N2O7-. The number of fused-ring (bicyclic) bond motifs is 2. The predicted octanol–water partition coefficient (Wildman–Crippen LogP) is 1.69. The van der Waals surface area contributed by atoms with Crippen molar-refractivity contribution in [3.8, 4) is 0 Å². The zero-order valence-corrected chi connectivity index (χ0v) is 20.2. The molecular weight excluding hydrogens is 440 g/mol. The summed E-state index contributed by atoms with van der Waals surface area (Å²) >= 11 is 0. The number of carbonyl (C=O) groups is 3. The van der Waals surface area contributed by atoms with Crippen LogP contribution < -0.4 is 21.4 Å². The van der Waals surface area contributed by atoms with Gasteiger partial charge in [0.15, 0.2) is 0 Å². The minimum absolute atomic E-state index is 0.156. The molecule has 2 aromatic heterocycles. The Morgan fingerprint density at radius 3 is 2.32 bits per heavy atom. The third-order valence-corrected chi connectivity index (χ3v) is 5.81. The molecule has 0 fully saturated rings. The fourth-order valence-electron chi connectivity index (χ4n) is 3.82. The van der Waals surface area contributed by atoms with Crippen molar-refractivity contribution in [3.05, 3.63) is 45.5 Å². The Balaban J connectivity index is 1.82. The number of amides is 2. The molecule has 0 unspecified atom stereocenters. The van der Waals surface area contributed by atoms with Gasteiger partial charge in [0.05, 0.1) is 36.8 Å². The molecule has 3 aromatic rings. The van der Waals surface area contributed by atoms with Crippen molar-refractivity contribution >= 4 is 39.7 Å². The minimum Gasteiger partial charge on any atom is -0.548 e. The van der Waals surface area contributed by atoms with Gasteiger partial charge in [0.25, 0.3) is 0 Å². The van der Waals surface area contributed by atoms with Crippen LogP contribution in [0.1, 0.15) is 51.3 Å². The number of rotatable bonds is 7. The number of carbonyl (C=O) groups excluding carboxylic acids is 3.